The fourth-order valence-electron chi connectivity index (χ4n) is 4.44. The van der Waals surface area contributed by atoms with E-state index in [9.17, 15) is 20.1 Å². The van der Waals surface area contributed by atoms with E-state index in [0.29, 0.717) is 5.92 Å². The Bertz CT molecular complexity index is 573. The van der Waals surface area contributed by atoms with Gasteiger partial charge in [0.15, 0.2) is 0 Å². The highest BCUT2D eigenvalue weighted by molar-refractivity contribution is 7.99. The summed E-state index contributed by atoms with van der Waals surface area (Å²) in [5.74, 6) is 0.393. The third-order valence-corrected chi connectivity index (χ3v) is 7.28. The molecule has 0 aromatic heterocycles. The lowest BCUT2D eigenvalue weighted by atomic mass is 9.77. The molecule has 0 aliphatic carbocycles. The maximum Gasteiger partial charge on any atom is 0.237 e. The lowest BCUT2D eigenvalue weighted by molar-refractivity contribution is -0.210. The molecule has 2 saturated heterocycles. The van der Waals surface area contributed by atoms with Gasteiger partial charge in [0.25, 0.3) is 0 Å². The fraction of sp³-hybridized carbons (Fsp3) is 0.857. The second-order valence-corrected chi connectivity index (χ2v) is 9.97. The number of hydrogen-bond acceptors (Lipinski definition) is 7. The minimum absolute atomic E-state index is 0.108. The molecule has 4 N–H and O–H groups in total. The van der Waals surface area contributed by atoms with Crippen LogP contribution in [-0.2, 0) is 9.53 Å². The van der Waals surface area contributed by atoms with Gasteiger partial charge in [-0.05, 0) is 32.1 Å². The molecule has 0 aromatic rings. The first-order chi connectivity index (χ1) is 13.6. The molecule has 1 amide bonds. The summed E-state index contributed by atoms with van der Waals surface area (Å²) in [5, 5.41) is 34.3. The Hall–Kier alpha value is -0.640. The third-order valence-electron chi connectivity index (χ3n) is 6.43. The van der Waals surface area contributed by atoms with Crippen molar-refractivity contribution >= 4 is 17.7 Å². The summed E-state index contributed by atoms with van der Waals surface area (Å²) in [6.45, 7) is 10.7. The van der Waals surface area contributed by atoms with E-state index in [1.165, 1.54) is 11.8 Å². The number of ether oxygens (including phenoxy) is 1. The predicted octanol–water partition coefficient (Wildman–Crippen LogP) is 0.974. The van der Waals surface area contributed by atoms with Crippen LogP contribution in [0.2, 0.25) is 0 Å². The molecule has 0 saturated carbocycles. The molecular weight excluding hydrogens is 392 g/mol. The number of likely N-dealkylation sites (tertiary alicyclic amines) is 1. The Morgan fingerprint density at radius 1 is 1.34 bits per heavy atom. The van der Waals surface area contributed by atoms with Crippen molar-refractivity contribution < 1.29 is 24.9 Å². The van der Waals surface area contributed by atoms with E-state index in [4.69, 9.17) is 4.74 Å². The second-order valence-electron chi connectivity index (χ2n) is 9.03. The van der Waals surface area contributed by atoms with Gasteiger partial charge in [0, 0.05) is 12.0 Å². The fourth-order valence-corrected chi connectivity index (χ4v) is 5.12. The number of nitrogens with one attached hydrogen (secondary N) is 1. The van der Waals surface area contributed by atoms with Crippen molar-refractivity contribution in [2.75, 3.05) is 19.8 Å². The van der Waals surface area contributed by atoms with Gasteiger partial charge in [-0.15, -0.1) is 18.3 Å². The quantitative estimate of drug-likeness (QED) is 0.426. The molecule has 5 unspecified atom stereocenters. The number of aliphatic hydroxyl groups is 3. The van der Waals surface area contributed by atoms with Gasteiger partial charge < -0.3 is 25.4 Å². The van der Waals surface area contributed by atoms with E-state index in [2.05, 4.69) is 23.7 Å². The van der Waals surface area contributed by atoms with Crippen LogP contribution >= 0.6 is 11.8 Å². The molecule has 8 heteroatoms. The summed E-state index contributed by atoms with van der Waals surface area (Å²) in [4.78, 5) is 15.3. The van der Waals surface area contributed by atoms with Crippen molar-refractivity contribution in [3.63, 3.8) is 0 Å². The zero-order valence-electron chi connectivity index (χ0n) is 18.2. The van der Waals surface area contributed by atoms with Crippen LogP contribution < -0.4 is 5.32 Å². The molecule has 2 aliphatic rings. The van der Waals surface area contributed by atoms with Crippen molar-refractivity contribution in [3.05, 3.63) is 12.7 Å². The highest BCUT2D eigenvalue weighted by Gasteiger charge is 2.50. The van der Waals surface area contributed by atoms with Gasteiger partial charge >= 0.3 is 0 Å². The summed E-state index contributed by atoms with van der Waals surface area (Å²) >= 11 is 1.26. The van der Waals surface area contributed by atoms with Crippen molar-refractivity contribution in [1.29, 1.82) is 0 Å². The van der Waals surface area contributed by atoms with E-state index < -0.39 is 41.3 Å². The standard InChI is InChI=1S/C21H38N2O5S/c1-7-9-12-10-13(23(5)11-12)19(27)22-18(21(3,4)8-2)17-15(25)14(24)16(26)20(28-17)29-6/h8,12-18,20,24-26H,2,7,9-11H2,1,3-6H3,(H,22,27)/t12-,13+,14?,15?,16?,17?,18+,20?/m1/s1. The van der Waals surface area contributed by atoms with Gasteiger partial charge in [0.2, 0.25) is 5.91 Å². The van der Waals surface area contributed by atoms with Gasteiger partial charge in [0.1, 0.15) is 29.9 Å². The smallest absolute Gasteiger partial charge is 0.237 e. The number of nitrogens with zero attached hydrogens (tertiary/aromatic N) is 1. The van der Waals surface area contributed by atoms with E-state index >= 15 is 0 Å². The zero-order valence-corrected chi connectivity index (χ0v) is 19.1. The number of carbonyl (C=O) groups excluding carboxylic acids is 1. The molecule has 7 nitrogen and oxygen atoms in total. The number of hydrogen-bond donors (Lipinski definition) is 4. The first-order valence-electron chi connectivity index (χ1n) is 10.4. The molecule has 0 aromatic carbocycles. The molecular formula is C21H38N2O5S. The second kappa shape index (κ2) is 10.1. The lowest BCUT2D eigenvalue weighted by Gasteiger charge is -2.47. The van der Waals surface area contributed by atoms with Crippen LogP contribution in [0.25, 0.3) is 0 Å². The lowest BCUT2D eigenvalue weighted by Crippen LogP contribution is -2.66. The van der Waals surface area contributed by atoms with E-state index in [-0.39, 0.29) is 11.9 Å². The monoisotopic (exact) mass is 430 g/mol. The van der Waals surface area contributed by atoms with E-state index in [0.717, 1.165) is 25.8 Å². The Balaban J connectivity index is 2.23. The normalized spacial score (nSPS) is 37.3. The number of carbonyl (C=O) groups is 1. The van der Waals surface area contributed by atoms with E-state index in [1.807, 2.05) is 20.9 Å². The van der Waals surface area contributed by atoms with E-state index in [1.54, 1.807) is 12.3 Å². The number of thioether (sulfide) groups is 1. The van der Waals surface area contributed by atoms with Crippen molar-refractivity contribution in [3.8, 4) is 0 Å². The first kappa shape index (κ1) is 24.6. The summed E-state index contributed by atoms with van der Waals surface area (Å²) < 4.78 is 5.96. The van der Waals surface area contributed by atoms with Crippen LogP contribution in [0.4, 0.5) is 0 Å². The number of aliphatic hydroxyl groups excluding tert-OH is 3. The average Bonchev–Trinajstić information content (AvgIpc) is 3.05. The van der Waals surface area contributed by atoms with Crippen LogP contribution in [0.3, 0.4) is 0 Å². The Kier molecular flexibility index (Phi) is 8.59. The van der Waals surface area contributed by atoms with Crippen LogP contribution in [0.1, 0.15) is 40.0 Å². The molecule has 2 heterocycles. The average molecular weight is 431 g/mol. The molecule has 8 atom stereocenters. The van der Waals surface area contributed by atoms with Crippen molar-refractivity contribution in [2.24, 2.45) is 11.3 Å². The summed E-state index contributed by atoms with van der Waals surface area (Å²) in [7, 11) is 1.96. The van der Waals surface area contributed by atoms with Crippen LogP contribution in [0.5, 0.6) is 0 Å². The van der Waals surface area contributed by atoms with Gasteiger partial charge in [-0.1, -0.05) is 33.3 Å². The molecule has 29 heavy (non-hydrogen) atoms. The maximum absolute atomic E-state index is 13.2. The Morgan fingerprint density at radius 3 is 2.55 bits per heavy atom. The molecule has 0 bridgehead atoms. The van der Waals surface area contributed by atoms with Crippen LogP contribution in [0, 0.1) is 11.3 Å². The van der Waals surface area contributed by atoms with Crippen molar-refractivity contribution in [2.45, 2.75) is 82.0 Å². The minimum atomic E-state index is -1.35. The third kappa shape index (κ3) is 5.35. The van der Waals surface area contributed by atoms with Gasteiger partial charge in [-0.25, -0.2) is 0 Å². The van der Waals surface area contributed by atoms with Gasteiger partial charge in [0.05, 0.1) is 12.1 Å². The number of likely N-dealkylation sites (N-methyl/N-ethyl adjacent to an activating group) is 1. The Labute approximate surface area is 178 Å². The Morgan fingerprint density at radius 2 is 2.00 bits per heavy atom. The highest BCUT2D eigenvalue weighted by Crippen LogP contribution is 2.35. The molecule has 0 radical (unpaired) electrons. The molecule has 2 fully saturated rings. The van der Waals surface area contributed by atoms with Crippen LogP contribution in [-0.4, -0.2) is 87.9 Å². The molecule has 168 valence electrons. The van der Waals surface area contributed by atoms with Gasteiger partial charge in [-0.2, -0.15) is 0 Å². The first-order valence-corrected chi connectivity index (χ1v) is 11.7. The van der Waals surface area contributed by atoms with Gasteiger partial charge in [-0.3, -0.25) is 9.69 Å². The number of rotatable bonds is 8. The summed E-state index contributed by atoms with van der Waals surface area (Å²) in [6.07, 6.45) is 1.73. The van der Waals surface area contributed by atoms with Crippen molar-refractivity contribution in [1.82, 2.24) is 10.2 Å². The summed E-state index contributed by atoms with van der Waals surface area (Å²) in [5.41, 5.74) is -1.30. The molecule has 0 spiro atoms. The zero-order chi connectivity index (χ0) is 21.9. The highest BCUT2D eigenvalue weighted by atomic mass is 32.2. The largest absolute Gasteiger partial charge is 0.388 e. The van der Waals surface area contributed by atoms with Crippen LogP contribution in [0.15, 0.2) is 12.7 Å². The maximum atomic E-state index is 13.2. The minimum Gasteiger partial charge on any atom is -0.388 e. The predicted molar refractivity (Wildman–Crippen MR) is 116 cm³/mol. The summed E-state index contributed by atoms with van der Waals surface area (Å²) in [6, 6.07) is -0.847. The molecule has 2 rings (SSSR count). The number of amides is 1. The SMILES string of the molecule is C=CC(C)(C)[C@@H](NC(=O)[C@@H]1C[C@@H](CCC)CN1C)C1OC(SC)C(O)C(O)C1O. The molecule has 2 aliphatic heterocycles. The topological polar surface area (TPSA) is 102 Å².